The third-order valence-electron chi connectivity index (χ3n) is 5.20. The minimum Gasteiger partial charge on any atom is -0.334 e. The molecular formula is C22H21NO2. The van der Waals surface area contributed by atoms with E-state index in [0.29, 0.717) is 17.2 Å². The van der Waals surface area contributed by atoms with Gasteiger partial charge in [0.1, 0.15) is 5.69 Å². The molecule has 0 bridgehead atoms. The first kappa shape index (κ1) is 15.8. The lowest BCUT2D eigenvalue weighted by Crippen LogP contribution is -2.42. The summed E-state index contributed by atoms with van der Waals surface area (Å²) >= 11 is 0. The van der Waals surface area contributed by atoms with Crippen molar-refractivity contribution in [3.8, 4) is 11.1 Å². The molecule has 0 saturated carbocycles. The molecule has 0 N–H and O–H groups in total. The Balaban J connectivity index is 1.82. The van der Waals surface area contributed by atoms with Crippen molar-refractivity contribution in [2.24, 2.45) is 0 Å². The van der Waals surface area contributed by atoms with Crippen molar-refractivity contribution in [3.63, 3.8) is 0 Å². The summed E-state index contributed by atoms with van der Waals surface area (Å²) in [7, 11) is 0. The summed E-state index contributed by atoms with van der Waals surface area (Å²) in [6.45, 7) is 6.38. The number of rotatable bonds is 3. The van der Waals surface area contributed by atoms with Crippen molar-refractivity contribution in [1.29, 1.82) is 0 Å². The fourth-order valence-corrected chi connectivity index (χ4v) is 3.82. The highest BCUT2D eigenvalue weighted by atomic mass is 16.2. The van der Waals surface area contributed by atoms with E-state index >= 15 is 0 Å². The minimum absolute atomic E-state index is 0.175. The van der Waals surface area contributed by atoms with E-state index in [0.717, 1.165) is 17.7 Å². The molecule has 0 amide bonds. The van der Waals surface area contributed by atoms with Crippen LogP contribution in [0.1, 0.15) is 37.8 Å². The van der Waals surface area contributed by atoms with Crippen LogP contribution in [0.4, 0.5) is 11.4 Å². The van der Waals surface area contributed by atoms with Crippen molar-refractivity contribution in [3.05, 3.63) is 80.1 Å². The summed E-state index contributed by atoms with van der Waals surface area (Å²) < 4.78 is 0. The third-order valence-corrected chi connectivity index (χ3v) is 5.20. The van der Waals surface area contributed by atoms with Crippen LogP contribution >= 0.6 is 0 Å². The number of nitrogens with zero attached hydrogens (tertiary/aromatic N) is 1. The number of hydrogen-bond donors (Lipinski definition) is 0. The molecule has 0 aliphatic carbocycles. The van der Waals surface area contributed by atoms with Gasteiger partial charge in [-0.15, -0.1) is 0 Å². The van der Waals surface area contributed by atoms with E-state index in [1.165, 1.54) is 11.1 Å². The summed E-state index contributed by atoms with van der Waals surface area (Å²) in [6, 6.07) is 16.3. The number of fused-ring (bicyclic) bond motifs is 1. The Kier molecular flexibility index (Phi) is 3.60. The normalized spacial score (nSPS) is 16.6. The molecule has 0 spiro atoms. The van der Waals surface area contributed by atoms with Crippen molar-refractivity contribution < 1.29 is 0 Å². The Morgan fingerprint density at radius 1 is 0.960 bits per heavy atom. The average Bonchev–Trinajstić information content (AvgIpc) is 2.94. The molecule has 1 heterocycles. The Morgan fingerprint density at radius 2 is 1.64 bits per heavy atom. The lowest BCUT2D eigenvalue weighted by molar-refractivity contribution is 0.755. The number of hydrogen-bond acceptors (Lipinski definition) is 3. The molecule has 0 unspecified atom stereocenters. The maximum absolute atomic E-state index is 12.4. The van der Waals surface area contributed by atoms with E-state index in [9.17, 15) is 9.59 Å². The lowest BCUT2D eigenvalue weighted by Gasteiger charge is -2.28. The van der Waals surface area contributed by atoms with E-state index < -0.39 is 0 Å². The topological polar surface area (TPSA) is 37.4 Å². The molecular weight excluding hydrogens is 310 g/mol. The van der Waals surface area contributed by atoms with Crippen LogP contribution in [0, 0.1) is 0 Å². The fourth-order valence-electron chi connectivity index (χ4n) is 3.82. The molecule has 0 radical (unpaired) electrons. The molecule has 4 rings (SSSR count). The molecule has 1 atom stereocenters. The van der Waals surface area contributed by atoms with Crippen LogP contribution in [0.3, 0.4) is 0 Å². The maximum atomic E-state index is 12.4. The highest BCUT2D eigenvalue weighted by Crippen LogP contribution is 2.40. The summed E-state index contributed by atoms with van der Waals surface area (Å²) in [5.41, 5.74) is 4.70. The molecule has 1 aliphatic rings. The molecule has 0 saturated heterocycles. The van der Waals surface area contributed by atoms with Crippen molar-refractivity contribution in [2.75, 3.05) is 4.90 Å². The molecule has 126 valence electrons. The van der Waals surface area contributed by atoms with E-state index in [1.807, 2.05) is 47.4 Å². The molecule has 0 fully saturated rings. The average molecular weight is 331 g/mol. The first-order chi connectivity index (χ1) is 12.0. The Bertz CT molecular complexity index is 1010. The van der Waals surface area contributed by atoms with Crippen LogP contribution in [0.25, 0.3) is 11.1 Å². The molecule has 0 aromatic heterocycles. The van der Waals surface area contributed by atoms with Crippen molar-refractivity contribution in [2.45, 2.75) is 39.2 Å². The number of anilines is 2. The van der Waals surface area contributed by atoms with Gasteiger partial charge in [0, 0.05) is 11.7 Å². The van der Waals surface area contributed by atoms with E-state index in [-0.39, 0.29) is 16.9 Å². The predicted octanol–water partition coefficient (Wildman–Crippen LogP) is 4.16. The van der Waals surface area contributed by atoms with Crippen LogP contribution in [-0.4, -0.2) is 6.04 Å². The van der Waals surface area contributed by atoms with Gasteiger partial charge in [-0.1, -0.05) is 56.3 Å². The van der Waals surface area contributed by atoms with Crippen LogP contribution in [0.2, 0.25) is 0 Å². The van der Waals surface area contributed by atoms with Crippen molar-refractivity contribution >= 4 is 11.4 Å². The van der Waals surface area contributed by atoms with Crippen LogP contribution < -0.4 is 15.8 Å². The highest BCUT2D eigenvalue weighted by Gasteiger charge is 2.35. The second-order valence-corrected chi connectivity index (χ2v) is 7.21. The van der Waals surface area contributed by atoms with E-state index in [4.69, 9.17) is 0 Å². The maximum Gasteiger partial charge on any atom is 0.250 e. The van der Waals surface area contributed by atoms with Gasteiger partial charge in [-0.2, -0.15) is 0 Å². The largest absolute Gasteiger partial charge is 0.334 e. The van der Waals surface area contributed by atoms with Gasteiger partial charge >= 0.3 is 0 Å². The third kappa shape index (κ3) is 2.34. The Morgan fingerprint density at radius 3 is 2.32 bits per heavy atom. The lowest BCUT2D eigenvalue weighted by atomic mass is 9.94. The van der Waals surface area contributed by atoms with Gasteiger partial charge in [-0.25, -0.2) is 0 Å². The van der Waals surface area contributed by atoms with Crippen LogP contribution in [0.15, 0.2) is 58.1 Å². The fraction of sp³-hybridized carbons (Fsp3) is 0.273. The van der Waals surface area contributed by atoms with Gasteiger partial charge < -0.3 is 4.90 Å². The standard InChI is InChI=1S/C22H21NO2/c1-13(2)15-8-10-16(11-9-15)19-20(22(25)21(19)24)23-14(3)12-17-6-4-5-7-18(17)23/h4-11,13-14H,12H2,1-3H3/t14-/m1/s1. The van der Waals surface area contributed by atoms with Crippen molar-refractivity contribution in [1.82, 2.24) is 0 Å². The molecule has 3 nitrogen and oxygen atoms in total. The highest BCUT2D eigenvalue weighted by molar-refractivity contribution is 5.88. The molecule has 3 aromatic carbocycles. The SMILES string of the molecule is CC(C)c1ccc(-c2c(N3c4ccccc4C[C@H]3C)c(=O)c2=O)cc1. The van der Waals surface area contributed by atoms with Gasteiger partial charge in [0.15, 0.2) is 0 Å². The zero-order chi connectivity index (χ0) is 17.7. The van der Waals surface area contributed by atoms with E-state index in [1.54, 1.807) is 0 Å². The first-order valence-corrected chi connectivity index (χ1v) is 8.79. The zero-order valence-corrected chi connectivity index (χ0v) is 14.7. The van der Waals surface area contributed by atoms with Crippen LogP contribution in [0.5, 0.6) is 0 Å². The number of benzene rings is 2. The van der Waals surface area contributed by atoms with Gasteiger partial charge in [-0.05, 0) is 42.0 Å². The summed E-state index contributed by atoms with van der Waals surface area (Å²) in [4.78, 5) is 26.8. The summed E-state index contributed by atoms with van der Waals surface area (Å²) in [5, 5.41) is 0. The van der Waals surface area contributed by atoms with Gasteiger partial charge in [0.25, 0.3) is 5.43 Å². The predicted molar refractivity (Wildman–Crippen MR) is 103 cm³/mol. The second kappa shape index (κ2) is 5.69. The first-order valence-electron chi connectivity index (χ1n) is 8.79. The molecule has 1 aliphatic heterocycles. The second-order valence-electron chi connectivity index (χ2n) is 7.21. The smallest absolute Gasteiger partial charge is 0.250 e. The quantitative estimate of drug-likeness (QED) is 0.677. The minimum atomic E-state index is -0.371. The molecule has 3 heteroatoms. The monoisotopic (exact) mass is 331 g/mol. The molecule has 3 aromatic rings. The van der Waals surface area contributed by atoms with Gasteiger partial charge in [0.05, 0.1) is 5.56 Å². The summed E-state index contributed by atoms with van der Waals surface area (Å²) in [6.07, 6.45) is 0.890. The molecule has 25 heavy (non-hydrogen) atoms. The summed E-state index contributed by atoms with van der Waals surface area (Å²) in [5.74, 6) is 0.437. The van der Waals surface area contributed by atoms with Gasteiger partial charge in [-0.3, -0.25) is 9.59 Å². The van der Waals surface area contributed by atoms with Crippen LogP contribution in [-0.2, 0) is 6.42 Å². The Hall–Kier alpha value is -2.68. The Labute approximate surface area is 147 Å². The van der Waals surface area contributed by atoms with Gasteiger partial charge in [0.2, 0.25) is 5.43 Å². The number of para-hydroxylation sites is 1. The van der Waals surface area contributed by atoms with E-state index in [2.05, 4.69) is 26.8 Å². The zero-order valence-electron chi connectivity index (χ0n) is 14.7.